The Bertz CT molecular complexity index is 1030. The molecule has 8 nitrogen and oxygen atoms in total. The molecule has 2 aromatic heterocycles. The quantitative estimate of drug-likeness (QED) is 0.582. The summed E-state index contributed by atoms with van der Waals surface area (Å²) >= 11 is 7.09. The maximum atomic E-state index is 12.7. The van der Waals surface area contributed by atoms with Gasteiger partial charge in [-0.05, 0) is 39.0 Å². The van der Waals surface area contributed by atoms with Gasteiger partial charge in [0.25, 0.3) is 5.91 Å². The maximum Gasteiger partial charge on any atom is 0.413 e. The van der Waals surface area contributed by atoms with Crippen molar-refractivity contribution in [2.75, 3.05) is 23.1 Å². The first-order valence-electron chi connectivity index (χ1n) is 8.68. The van der Waals surface area contributed by atoms with Gasteiger partial charge in [-0.1, -0.05) is 11.3 Å². The number of aromatic nitrogens is 3. The number of anilines is 2. The first-order chi connectivity index (χ1) is 13.4. The van der Waals surface area contributed by atoms with Crippen LogP contribution in [0.2, 0.25) is 0 Å². The zero-order valence-corrected chi connectivity index (χ0v) is 17.3. The number of hydrogen-bond donors (Lipinski definition) is 2. The van der Waals surface area contributed by atoms with E-state index in [2.05, 4.69) is 20.7 Å². The fourth-order valence-electron chi connectivity index (χ4n) is 2.83. The topological polar surface area (TPSA) is 98.1 Å². The molecule has 28 heavy (non-hydrogen) atoms. The van der Waals surface area contributed by atoms with E-state index in [1.54, 1.807) is 30.7 Å². The minimum atomic E-state index is -0.546. The lowest BCUT2D eigenvalue weighted by molar-refractivity contribution is 0.102. The number of hydrogen-bond acceptors (Lipinski definition) is 6. The number of halogens is 1. The minimum absolute atomic E-state index is 0.232. The average molecular weight is 422 g/mol. The van der Waals surface area contributed by atoms with E-state index in [0.717, 1.165) is 15.9 Å². The molecule has 1 aromatic carbocycles. The molecule has 0 aliphatic rings. The van der Waals surface area contributed by atoms with Crippen molar-refractivity contribution < 1.29 is 14.3 Å². The predicted octanol–water partition coefficient (Wildman–Crippen LogP) is 4.17. The fraction of sp³-hybridized carbons (Fsp3) is 0.333. The van der Waals surface area contributed by atoms with Crippen LogP contribution in [0.3, 0.4) is 0 Å². The van der Waals surface area contributed by atoms with Crippen molar-refractivity contribution in [1.29, 1.82) is 0 Å². The molecule has 2 heterocycles. The van der Waals surface area contributed by atoms with Crippen LogP contribution in [0, 0.1) is 13.8 Å². The predicted molar refractivity (Wildman–Crippen MR) is 111 cm³/mol. The molecule has 148 valence electrons. The molecule has 2 N–H and O–H groups in total. The molecule has 0 atom stereocenters. The zero-order chi connectivity index (χ0) is 20.3. The molecule has 0 radical (unpaired) electrons. The summed E-state index contributed by atoms with van der Waals surface area (Å²) in [7, 11) is 0. The molecule has 0 saturated heterocycles. The first kappa shape index (κ1) is 20.1. The maximum absolute atomic E-state index is 12.7. The number of benzene rings is 1. The summed E-state index contributed by atoms with van der Waals surface area (Å²) < 4.78 is 7.41. The number of nitrogens with one attached hydrogen (secondary N) is 2. The van der Waals surface area contributed by atoms with Crippen molar-refractivity contribution in [3.05, 3.63) is 35.2 Å². The Balaban J connectivity index is 1.79. The smallest absolute Gasteiger partial charge is 0.413 e. The summed E-state index contributed by atoms with van der Waals surface area (Å²) in [5, 5.41) is 10.3. The molecule has 0 aliphatic carbocycles. The van der Waals surface area contributed by atoms with Crippen LogP contribution < -0.4 is 10.6 Å². The summed E-state index contributed by atoms with van der Waals surface area (Å²) in [6.45, 7) is 6.21. The van der Waals surface area contributed by atoms with Crippen LogP contribution in [-0.2, 0) is 11.3 Å². The molecule has 0 unspecified atom stereocenters. The summed E-state index contributed by atoms with van der Waals surface area (Å²) in [6.07, 6.45) is -0.546. The molecule has 0 bridgehead atoms. The summed E-state index contributed by atoms with van der Waals surface area (Å²) in [6, 6.07) is 5.37. The Morgan fingerprint density at radius 3 is 2.79 bits per heavy atom. The monoisotopic (exact) mass is 421 g/mol. The van der Waals surface area contributed by atoms with Crippen molar-refractivity contribution in [2.24, 2.45) is 0 Å². The van der Waals surface area contributed by atoms with Crippen LogP contribution in [0.25, 0.3) is 10.2 Å². The highest BCUT2D eigenvalue weighted by atomic mass is 35.5. The first-order valence-corrected chi connectivity index (χ1v) is 10.0. The van der Waals surface area contributed by atoms with Gasteiger partial charge in [0.05, 0.1) is 34.6 Å². The van der Waals surface area contributed by atoms with Crippen LogP contribution in [0.1, 0.15) is 28.7 Å². The molecule has 10 heteroatoms. The van der Waals surface area contributed by atoms with Gasteiger partial charge in [0.2, 0.25) is 0 Å². The van der Waals surface area contributed by atoms with Crippen LogP contribution in [0.5, 0.6) is 0 Å². The number of fused-ring (bicyclic) bond motifs is 1. The van der Waals surface area contributed by atoms with E-state index in [-0.39, 0.29) is 12.5 Å². The number of thiazole rings is 1. The van der Waals surface area contributed by atoms with E-state index in [4.69, 9.17) is 16.3 Å². The molecule has 3 rings (SSSR count). The molecule has 0 fully saturated rings. The number of ether oxygens (including phenoxy) is 1. The van der Waals surface area contributed by atoms with Gasteiger partial charge in [0, 0.05) is 17.3 Å². The number of aryl methyl sites for hydroxylation is 2. The molecular weight excluding hydrogens is 402 g/mol. The van der Waals surface area contributed by atoms with Crippen molar-refractivity contribution in [1.82, 2.24) is 14.8 Å². The lowest BCUT2D eigenvalue weighted by atomic mass is 10.1. The van der Waals surface area contributed by atoms with E-state index >= 15 is 0 Å². The molecule has 3 aromatic rings. The number of carbonyl (C=O) groups is 2. The van der Waals surface area contributed by atoms with Crippen molar-refractivity contribution in [3.8, 4) is 0 Å². The summed E-state index contributed by atoms with van der Waals surface area (Å²) in [5.41, 5.74) is 3.32. The highest BCUT2D eigenvalue weighted by molar-refractivity contribution is 7.22. The van der Waals surface area contributed by atoms with Gasteiger partial charge < -0.3 is 10.1 Å². The molecule has 0 spiro atoms. The second-order valence-corrected chi connectivity index (χ2v) is 7.37. The highest BCUT2D eigenvalue weighted by Crippen LogP contribution is 2.29. The third-order valence-electron chi connectivity index (χ3n) is 4.04. The van der Waals surface area contributed by atoms with Gasteiger partial charge >= 0.3 is 6.09 Å². The molecule has 2 amide bonds. The number of carbonyl (C=O) groups excluding carboxylic acids is 2. The normalized spacial score (nSPS) is 10.9. The lowest BCUT2D eigenvalue weighted by Gasteiger charge is -2.06. The van der Waals surface area contributed by atoms with E-state index in [9.17, 15) is 9.59 Å². The van der Waals surface area contributed by atoms with Gasteiger partial charge in [0.15, 0.2) is 5.13 Å². The Labute approximate surface area is 170 Å². The Hall–Kier alpha value is -2.65. The third-order valence-corrected chi connectivity index (χ3v) is 5.14. The average Bonchev–Trinajstić information content (AvgIpc) is 3.14. The fourth-order valence-corrected chi connectivity index (χ4v) is 3.88. The number of alkyl halides is 1. The highest BCUT2D eigenvalue weighted by Gasteiger charge is 2.19. The Morgan fingerprint density at radius 1 is 1.29 bits per heavy atom. The van der Waals surface area contributed by atoms with Gasteiger partial charge in [-0.2, -0.15) is 5.10 Å². The number of nitrogens with zero attached hydrogens (tertiary/aromatic N) is 3. The Kier molecular flexibility index (Phi) is 6.15. The molecule has 0 saturated carbocycles. The second-order valence-electron chi connectivity index (χ2n) is 5.96. The van der Waals surface area contributed by atoms with Crippen LogP contribution >= 0.6 is 22.9 Å². The molecular formula is C18H20ClN5O3S. The van der Waals surface area contributed by atoms with Crippen LogP contribution in [-0.4, -0.2) is 39.3 Å². The summed E-state index contributed by atoms with van der Waals surface area (Å²) in [5.74, 6) is 0.192. The standard InChI is InChI=1S/C18H20ClN5O3S/c1-4-27-18(26)22-17-21-13-6-5-12(9-14(13)28-17)20-16(25)15-10(2)23-24(8-7-19)11(15)3/h5-6,9H,4,7-8H2,1-3H3,(H,20,25)(H,21,22,26). The van der Waals surface area contributed by atoms with Crippen molar-refractivity contribution in [2.45, 2.75) is 27.3 Å². The Morgan fingerprint density at radius 2 is 2.07 bits per heavy atom. The minimum Gasteiger partial charge on any atom is -0.450 e. The van der Waals surface area contributed by atoms with Crippen molar-refractivity contribution >= 4 is 56.0 Å². The van der Waals surface area contributed by atoms with Gasteiger partial charge in [-0.15, -0.1) is 11.6 Å². The van der Waals surface area contributed by atoms with Gasteiger partial charge in [-0.3, -0.25) is 14.8 Å². The zero-order valence-electron chi connectivity index (χ0n) is 15.7. The largest absolute Gasteiger partial charge is 0.450 e. The van der Waals surface area contributed by atoms with Crippen molar-refractivity contribution in [3.63, 3.8) is 0 Å². The van der Waals surface area contributed by atoms with Crippen LogP contribution in [0.15, 0.2) is 18.2 Å². The summed E-state index contributed by atoms with van der Waals surface area (Å²) in [4.78, 5) is 28.6. The van der Waals surface area contributed by atoms with Gasteiger partial charge in [-0.25, -0.2) is 9.78 Å². The second kappa shape index (κ2) is 8.57. The van der Waals surface area contributed by atoms with E-state index < -0.39 is 6.09 Å². The lowest BCUT2D eigenvalue weighted by Crippen LogP contribution is -2.14. The van der Waals surface area contributed by atoms with Crippen LogP contribution in [0.4, 0.5) is 15.6 Å². The van der Waals surface area contributed by atoms with E-state index in [1.807, 2.05) is 13.0 Å². The van der Waals surface area contributed by atoms with E-state index in [0.29, 0.717) is 34.5 Å². The number of amides is 2. The van der Waals surface area contributed by atoms with E-state index in [1.165, 1.54) is 11.3 Å². The van der Waals surface area contributed by atoms with Gasteiger partial charge in [0.1, 0.15) is 0 Å². The SMILES string of the molecule is CCOC(=O)Nc1nc2ccc(NC(=O)c3c(C)nn(CCCl)c3C)cc2s1. The molecule has 0 aliphatic heterocycles. The third kappa shape index (κ3) is 4.26. The number of rotatable bonds is 6.